The molecule has 0 atom stereocenters. The Labute approximate surface area is 121 Å². The number of rotatable bonds is 4. The minimum Gasteiger partial charge on any atom is -0.333 e. The van der Waals surface area contributed by atoms with Crippen molar-refractivity contribution in [2.75, 3.05) is 0 Å². The maximum Gasteiger partial charge on any atom is 0.171 e. The van der Waals surface area contributed by atoms with E-state index in [-0.39, 0.29) is 5.78 Å². The summed E-state index contributed by atoms with van der Waals surface area (Å²) in [6.45, 7) is 1.87. The number of fused-ring (bicyclic) bond motifs is 1. The number of hydrogen-bond acceptors (Lipinski definition) is 3. The summed E-state index contributed by atoms with van der Waals surface area (Å²) in [5.41, 5.74) is 2.77. The normalized spacial score (nSPS) is 10.8. The zero-order valence-electron chi connectivity index (χ0n) is 11.1. The van der Waals surface area contributed by atoms with Crippen LogP contribution in [0.2, 0.25) is 0 Å². The number of nitrogens with zero attached hydrogens (tertiary/aromatic N) is 1. The maximum absolute atomic E-state index is 11.6. The van der Waals surface area contributed by atoms with Crippen LogP contribution >= 0.6 is 11.8 Å². The van der Waals surface area contributed by atoms with E-state index in [1.165, 1.54) is 0 Å². The largest absolute Gasteiger partial charge is 0.333 e. The molecule has 1 aromatic heterocycles. The van der Waals surface area contributed by atoms with Gasteiger partial charge in [0.15, 0.2) is 10.9 Å². The molecule has 0 aliphatic rings. The smallest absolute Gasteiger partial charge is 0.171 e. The third kappa shape index (κ3) is 2.60. The van der Waals surface area contributed by atoms with Gasteiger partial charge in [0, 0.05) is 16.9 Å². The Balaban J connectivity index is 1.82. The predicted octanol–water partition coefficient (Wildman–Crippen LogP) is 4.31. The summed E-state index contributed by atoms with van der Waals surface area (Å²) in [5, 5.41) is 0.862. The molecule has 2 aromatic carbocycles. The van der Waals surface area contributed by atoms with Crippen LogP contribution in [-0.2, 0) is 0 Å². The summed E-state index contributed by atoms with van der Waals surface area (Å²) in [6.07, 6.45) is 0.538. The number of imidazole rings is 1. The van der Waals surface area contributed by atoms with Crippen LogP contribution in [0, 0.1) is 0 Å². The Bertz CT molecular complexity index is 714. The second-order valence-electron chi connectivity index (χ2n) is 4.46. The summed E-state index contributed by atoms with van der Waals surface area (Å²) in [7, 11) is 0. The Morgan fingerprint density at radius 1 is 1.15 bits per heavy atom. The van der Waals surface area contributed by atoms with Crippen molar-refractivity contribution >= 4 is 28.6 Å². The van der Waals surface area contributed by atoms with Gasteiger partial charge >= 0.3 is 0 Å². The van der Waals surface area contributed by atoms with Gasteiger partial charge in [0.1, 0.15) is 0 Å². The molecular formula is C16H14N2OS. The summed E-state index contributed by atoms with van der Waals surface area (Å²) >= 11 is 1.56. The van der Waals surface area contributed by atoms with Crippen molar-refractivity contribution in [2.45, 2.75) is 23.4 Å². The van der Waals surface area contributed by atoms with Gasteiger partial charge in [-0.25, -0.2) is 4.98 Å². The molecule has 100 valence electrons. The zero-order chi connectivity index (χ0) is 13.9. The number of para-hydroxylation sites is 2. The van der Waals surface area contributed by atoms with Gasteiger partial charge in [-0.15, -0.1) is 0 Å². The van der Waals surface area contributed by atoms with Gasteiger partial charge < -0.3 is 4.98 Å². The average molecular weight is 282 g/mol. The van der Waals surface area contributed by atoms with E-state index in [4.69, 9.17) is 0 Å². The van der Waals surface area contributed by atoms with Crippen molar-refractivity contribution in [3.05, 3.63) is 54.1 Å². The molecule has 4 heteroatoms. The molecule has 0 saturated carbocycles. The first-order chi connectivity index (χ1) is 9.76. The lowest BCUT2D eigenvalue weighted by Gasteiger charge is -2.00. The van der Waals surface area contributed by atoms with Crippen molar-refractivity contribution in [3.63, 3.8) is 0 Å². The minimum absolute atomic E-state index is 0.172. The van der Waals surface area contributed by atoms with Crippen LogP contribution in [0.3, 0.4) is 0 Å². The molecule has 0 aliphatic heterocycles. The molecule has 0 saturated heterocycles. The third-order valence-corrected chi connectivity index (χ3v) is 3.97. The van der Waals surface area contributed by atoms with E-state index in [2.05, 4.69) is 9.97 Å². The Morgan fingerprint density at radius 3 is 2.60 bits per heavy atom. The highest BCUT2D eigenvalue weighted by Crippen LogP contribution is 2.27. The van der Waals surface area contributed by atoms with Gasteiger partial charge in [0.05, 0.1) is 11.0 Å². The maximum atomic E-state index is 11.6. The molecule has 1 heterocycles. The summed E-state index contributed by atoms with van der Waals surface area (Å²) in [4.78, 5) is 20.4. The lowest BCUT2D eigenvalue weighted by atomic mass is 10.1. The third-order valence-electron chi connectivity index (χ3n) is 3.08. The molecule has 1 N–H and O–H groups in total. The first-order valence-electron chi connectivity index (χ1n) is 6.52. The monoisotopic (exact) mass is 282 g/mol. The number of benzene rings is 2. The van der Waals surface area contributed by atoms with Crippen LogP contribution in [0.5, 0.6) is 0 Å². The number of H-pyrrole nitrogens is 1. The van der Waals surface area contributed by atoms with Crippen molar-refractivity contribution in [1.29, 1.82) is 0 Å². The number of carbonyl (C=O) groups is 1. The van der Waals surface area contributed by atoms with E-state index in [0.717, 1.165) is 26.6 Å². The van der Waals surface area contributed by atoms with Crippen LogP contribution in [0.25, 0.3) is 11.0 Å². The van der Waals surface area contributed by atoms with Gasteiger partial charge in [-0.2, -0.15) is 0 Å². The lowest BCUT2D eigenvalue weighted by Crippen LogP contribution is -1.95. The van der Waals surface area contributed by atoms with Crippen LogP contribution in [0.15, 0.2) is 58.6 Å². The van der Waals surface area contributed by atoms with E-state index in [1.54, 1.807) is 11.8 Å². The van der Waals surface area contributed by atoms with Gasteiger partial charge in [-0.3, -0.25) is 4.79 Å². The number of aromatic amines is 1. The number of ketones is 1. The second kappa shape index (κ2) is 5.51. The van der Waals surface area contributed by atoms with Gasteiger partial charge in [0.25, 0.3) is 0 Å². The molecule has 0 spiro atoms. The van der Waals surface area contributed by atoms with E-state index in [9.17, 15) is 4.79 Å². The molecule has 3 rings (SSSR count). The molecule has 0 fully saturated rings. The lowest BCUT2D eigenvalue weighted by molar-refractivity contribution is 0.0988. The average Bonchev–Trinajstić information content (AvgIpc) is 2.89. The van der Waals surface area contributed by atoms with Crippen LogP contribution < -0.4 is 0 Å². The minimum atomic E-state index is 0.172. The molecule has 0 bridgehead atoms. The number of aromatic nitrogens is 2. The Kier molecular flexibility index (Phi) is 3.56. The van der Waals surface area contributed by atoms with Crippen molar-refractivity contribution in [2.24, 2.45) is 0 Å². The highest BCUT2D eigenvalue weighted by atomic mass is 32.2. The fourth-order valence-corrected chi connectivity index (χ4v) is 2.80. The van der Waals surface area contributed by atoms with E-state index in [0.29, 0.717) is 6.42 Å². The summed E-state index contributed by atoms with van der Waals surface area (Å²) < 4.78 is 0. The fourth-order valence-electron chi connectivity index (χ4n) is 2.00. The van der Waals surface area contributed by atoms with Crippen molar-refractivity contribution in [1.82, 2.24) is 9.97 Å². The first-order valence-corrected chi connectivity index (χ1v) is 7.34. The SMILES string of the molecule is CCC(=O)c1ccc(Sc2nc3ccccc3[nH]2)cc1. The van der Waals surface area contributed by atoms with Crippen molar-refractivity contribution in [3.8, 4) is 0 Å². The second-order valence-corrected chi connectivity index (χ2v) is 5.52. The summed E-state index contributed by atoms with van der Waals surface area (Å²) in [5.74, 6) is 0.172. The van der Waals surface area contributed by atoms with E-state index in [1.807, 2.05) is 55.5 Å². The van der Waals surface area contributed by atoms with E-state index < -0.39 is 0 Å². The molecule has 0 unspecified atom stereocenters. The predicted molar refractivity (Wildman–Crippen MR) is 81.3 cm³/mol. The molecule has 0 aliphatic carbocycles. The molecule has 0 amide bonds. The standard InChI is InChI=1S/C16H14N2OS/c1-2-15(19)11-7-9-12(10-8-11)20-16-17-13-5-3-4-6-14(13)18-16/h3-10H,2H2,1H3,(H,17,18). The van der Waals surface area contributed by atoms with Gasteiger partial charge in [-0.05, 0) is 24.3 Å². The van der Waals surface area contributed by atoms with Crippen LogP contribution in [-0.4, -0.2) is 15.8 Å². The number of carbonyl (C=O) groups excluding carboxylic acids is 1. The first kappa shape index (κ1) is 12.9. The topological polar surface area (TPSA) is 45.8 Å². The molecule has 3 nitrogen and oxygen atoms in total. The fraction of sp³-hybridized carbons (Fsp3) is 0.125. The Hall–Kier alpha value is -2.07. The van der Waals surface area contributed by atoms with Crippen molar-refractivity contribution < 1.29 is 4.79 Å². The van der Waals surface area contributed by atoms with Crippen LogP contribution in [0.4, 0.5) is 0 Å². The number of hydrogen-bond donors (Lipinski definition) is 1. The number of Topliss-reactive ketones (excluding diaryl/α,β-unsaturated/α-hetero) is 1. The van der Waals surface area contributed by atoms with Gasteiger partial charge in [0.2, 0.25) is 0 Å². The highest BCUT2D eigenvalue weighted by Gasteiger charge is 2.06. The van der Waals surface area contributed by atoms with Gasteiger partial charge in [-0.1, -0.05) is 43.0 Å². The highest BCUT2D eigenvalue weighted by molar-refractivity contribution is 7.99. The summed E-state index contributed by atoms with van der Waals surface area (Å²) in [6, 6.07) is 15.6. The Morgan fingerprint density at radius 2 is 1.90 bits per heavy atom. The molecule has 0 radical (unpaired) electrons. The zero-order valence-corrected chi connectivity index (χ0v) is 11.9. The number of nitrogens with one attached hydrogen (secondary N) is 1. The van der Waals surface area contributed by atoms with E-state index >= 15 is 0 Å². The quantitative estimate of drug-likeness (QED) is 0.725. The van der Waals surface area contributed by atoms with Crippen LogP contribution in [0.1, 0.15) is 23.7 Å². The molecule has 3 aromatic rings. The molecule has 20 heavy (non-hydrogen) atoms. The molecular weight excluding hydrogens is 268 g/mol.